The van der Waals surface area contributed by atoms with Gasteiger partial charge in [-0.1, -0.05) is 138 Å². The topological polar surface area (TPSA) is 38.8 Å². The number of carbonyl (C=O) groups is 1. The smallest absolute Gasteiger partial charge is 0.222 e. The van der Waals surface area contributed by atoms with Crippen LogP contribution in [0.25, 0.3) is 0 Å². The van der Waals surface area contributed by atoms with Gasteiger partial charge in [-0.25, -0.2) is 0 Å². The molecule has 346 valence electrons. The van der Waals surface area contributed by atoms with E-state index in [0.29, 0.717) is 6.42 Å². The van der Waals surface area contributed by atoms with Gasteiger partial charge in [0.25, 0.3) is 0 Å². The Bertz CT molecular complexity index is 2560. The van der Waals surface area contributed by atoms with Gasteiger partial charge in [-0.2, -0.15) is 0 Å². The van der Waals surface area contributed by atoms with Crippen LogP contribution in [0.5, 0.6) is 0 Å². The minimum absolute atomic E-state index is 0. The number of rotatable bonds is 13. The SMILES string of the molecule is Cc1ccc(Sc2ccccc2N2CCN(C(=O)CCC[P+](c3ccccc3)(c3ccccc3)c3ccccc3)CC2)c(C)c1.Cc1ccc(Sc2ccccc2N2CCNCC2)c(C)c1.[Br-]. The third kappa shape index (κ3) is 12.6. The van der Waals surface area contributed by atoms with Gasteiger partial charge in [-0.15, -0.1) is 0 Å². The molecule has 7 aromatic carbocycles. The molecule has 0 spiro atoms. The van der Waals surface area contributed by atoms with Crippen molar-refractivity contribution >= 4 is 64.0 Å². The number of para-hydroxylation sites is 2. The maximum atomic E-state index is 13.6. The van der Waals surface area contributed by atoms with E-state index in [9.17, 15) is 4.79 Å². The van der Waals surface area contributed by atoms with E-state index in [0.717, 1.165) is 64.9 Å². The Morgan fingerprint density at radius 1 is 0.493 bits per heavy atom. The Morgan fingerprint density at radius 2 is 0.896 bits per heavy atom. The summed E-state index contributed by atoms with van der Waals surface area (Å²) in [7, 11) is -1.92. The summed E-state index contributed by atoms with van der Waals surface area (Å²) < 4.78 is 0. The number of nitrogens with one attached hydrogen (secondary N) is 1. The normalized spacial score (nSPS) is 13.9. The first kappa shape index (κ1) is 50.1. The highest BCUT2D eigenvalue weighted by Crippen LogP contribution is 2.56. The van der Waals surface area contributed by atoms with E-state index in [-0.39, 0.29) is 22.9 Å². The highest BCUT2D eigenvalue weighted by molar-refractivity contribution is 7.99. The second-order valence-electron chi connectivity index (χ2n) is 17.4. The van der Waals surface area contributed by atoms with Crippen molar-refractivity contribution in [1.29, 1.82) is 0 Å². The van der Waals surface area contributed by atoms with E-state index in [1.54, 1.807) is 0 Å². The van der Waals surface area contributed by atoms with Crippen LogP contribution in [0.1, 0.15) is 35.1 Å². The first-order valence-electron chi connectivity index (χ1n) is 23.5. The summed E-state index contributed by atoms with van der Waals surface area (Å²) in [5.74, 6) is 0.278. The summed E-state index contributed by atoms with van der Waals surface area (Å²) in [4.78, 5) is 25.9. The molecule has 0 saturated carbocycles. The molecule has 2 heterocycles. The molecule has 67 heavy (non-hydrogen) atoms. The molecular formula is C58H64BrN4OPS2. The van der Waals surface area contributed by atoms with Gasteiger partial charge in [0.1, 0.15) is 23.2 Å². The molecule has 0 aliphatic carbocycles. The van der Waals surface area contributed by atoms with Gasteiger partial charge in [0.05, 0.1) is 17.5 Å². The van der Waals surface area contributed by atoms with Crippen LogP contribution in [-0.2, 0) is 4.79 Å². The Hall–Kier alpha value is -4.82. The molecule has 0 radical (unpaired) electrons. The minimum atomic E-state index is -1.92. The number of carbonyl (C=O) groups excluding carboxylic acids is 1. The van der Waals surface area contributed by atoms with Gasteiger partial charge in [-0.3, -0.25) is 4.79 Å². The summed E-state index contributed by atoms with van der Waals surface area (Å²) in [5.41, 5.74) is 7.91. The van der Waals surface area contributed by atoms with E-state index < -0.39 is 7.26 Å². The monoisotopic (exact) mass is 1010 g/mol. The molecule has 9 heteroatoms. The number of amides is 1. The Kier molecular flexibility index (Phi) is 18.3. The molecule has 2 saturated heterocycles. The molecule has 0 bridgehead atoms. The van der Waals surface area contributed by atoms with Crippen LogP contribution in [0.2, 0.25) is 0 Å². The van der Waals surface area contributed by atoms with Crippen molar-refractivity contribution in [1.82, 2.24) is 10.2 Å². The van der Waals surface area contributed by atoms with Crippen molar-refractivity contribution in [2.75, 3.05) is 68.3 Å². The molecule has 0 atom stereocenters. The number of nitrogens with zero attached hydrogens (tertiary/aromatic N) is 3. The first-order valence-corrected chi connectivity index (χ1v) is 27.1. The van der Waals surface area contributed by atoms with Gasteiger partial charge < -0.3 is 37.0 Å². The number of hydrogen-bond acceptors (Lipinski definition) is 6. The fraction of sp³-hybridized carbons (Fsp3) is 0.259. The lowest BCUT2D eigenvalue weighted by atomic mass is 10.2. The molecule has 1 N–H and O–H groups in total. The zero-order valence-electron chi connectivity index (χ0n) is 39.4. The fourth-order valence-electron chi connectivity index (χ4n) is 9.28. The van der Waals surface area contributed by atoms with Crippen LogP contribution < -0.4 is 48.0 Å². The van der Waals surface area contributed by atoms with E-state index in [2.05, 4.69) is 224 Å². The lowest BCUT2D eigenvalue weighted by Gasteiger charge is -2.37. The first-order chi connectivity index (χ1) is 32.3. The zero-order chi connectivity index (χ0) is 45.7. The number of hydrogen-bond donors (Lipinski definition) is 1. The van der Waals surface area contributed by atoms with Crippen molar-refractivity contribution in [2.45, 2.75) is 60.1 Å². The second kappa shape index (κ2) is 24.5. The highest BCUT2D eigenvalue weighted by atomic mass is 79.9. The van der Waals surface area contributed by atoms with Gasteiger partial charge >= 0.3 is 0 Å². The Morgan fingerprint density at radius 3 is 1.33 bits per heavy atom. The van der Waals surface area contributed by atoms with Crippen molar-refractivity contribution in [3.05, 3.63) is 198 Å². The number of anilines is 2. The minimum Gasteiger partial charge on any atom is -1.00 e. The molecule has 1 amide bonds. The average Bonchev–Trinajstić information content (AvgIpc) is 3.36. The van der Waals surface area contributed by atoms with Gasteiger partial charge in [0.2, 0.25) is 5.91 Å². The molecule has 2 aliphatic rings. The summed E-state index contributed by atoms with van der Waals surface area (Å²) in [5, 5.41) is 7.55. The van der Waals surface area contributed by atoms with Crippen molar-refractivity contribution < 1.29 is 21.8 Å². The second-order valence-corrected chi connectivity index (χ2v) is 23.2. The standard InChI is InChI=1S/C40H42N2OPS.C18H22N2S.BrH/c1-32-24-25-38(33(2)31-32)45-39-22-13-12-21-37(39)41-26-28-42(29-27-41)40(43)23-14-30-44(34-15-6-3-7-16-34,35-17-8-4-9-18-35)36-19-10-5-11-20-36;1-14-7-8-17(15(2)13-14)21-18-6-4-3-5-16(18)20-11-9-19-10-12-20;/h3-13,15-22,24-25,31H,14,23,26-30H2,1-2H3;3-8,13,19H,9-12H2,1-2H3;1H/q+1;;/p-1. The molecule has 2 fully saturated rings. The molecular weight excluding hydrogens is 944 g/mol. The van der Waals surface area contributed by atoms with E-state index >= 15 is 0 Å². The summed E-state index contributed by atoms with van der Waals surface area (Å²) in [6.45, 7) is 16.2. The summed E-state index contributed by atoms with van der Waals surface area (Å²) in [6, 6.07) is 63.7. The van der Waals surface area contributed by atoms with Crippen molar-refractivity contribution in [3.63, 3.8) is 0 Å². The maximum Gasteiger partial charge on any atom is 0.222 e. The number of halogens is 1. The van der Waals surface area contributed by atoms with Gasteiger partial charge in [-0.05, 0) is 118 Å². The Balaban J connectivity index is 0.000000253. The summed E-state index contributed by atoms with van der Waals surface area (Å²) >= 11 is 3.72. The third-order valence-corrected chi connectivity index (χ3v) is 19.7. The Labute approximate surface area is 419 Å². The van der Waals surface area contributed by atoms with E-state index in [1.165, 1.54) is 69.1 Å². The largest absolute Gasteiger partial charge is 1.00 e. The predicted octanol–water partition coefficient (Wildman–Crippen LogP) is 8.75. The number of aryl methyl sites for hydroxylation is 4. The zero-order valence-corrected chi connectivity index (χ0v) is 43.5. The van der Waals surface area contributed by atoms with E-state index in [1.807, 2.05) is 23.5 Å². The molecule has 7 aromatic rings. The van der Waals surface area contributed by atoms with Gasteiger partial charge in [0.15, 0.2) is 0 Å². The highest BCUT2D eigenvalue weighted by Gasteiger charge is 2.44. The number of benzene rings is 7. The van der Waals surface area contributed by atoms with E-state index in [4.69, 9.17) is 0 Å². The molecule has 2 aliphatic heterocycles. The quantitative estimate of drug-likeness (QED) is 0.117. The lowest BCUT2D eigenvalue weighted by molar-refractivity contribution is -0.131. The average molecular weight is 1010 g/mol. The van der Waals surface area contributed by atoms with Crippen LogP contribution >= 0.6 is 30.8 Å². The van der Waals surface area contributed by atoms with Crippen LogP contribution in [0.15, 0.2) is 196 Å². The lowest BCUT2D eigenvalue weighted by Crippen LogP contribution is -3.00. The van der Waals surface area contributed by atoms with Crippen molar-refractivity contribution in [3.8, 4) is 0 Å². The van der Waals surface area contributed by atoms with Crippen LogP contribution in [0.3, 0.4) is 0 Å². The van der Waals surface area contributed by atoms with Crippen LogP contribution in [0, 0.1) is 27.7 Å². The predicted molar refractivity (Wildman–Crippen MR) is 286 cm³/mol. The van der Waals surface area contributed by atoms with Crippen molar-refractivity contribution in [2.24, 2.45) is 0 Å². The third-order valence-electron chi connectivity index (χ3n) is 12.7. The van der Waals surface area contributed by atoms with Crippen LogP contribution in [0.4, 0.5) is 11.4 Å². The van der Waals surface area contributed by atoms with Crippen LogP contribution in [-0.4, -0.2) is 69.3 Å². The number of piperazine rings is 2. The fourth-order valence-corrected chi connectivity index (χ4v) is 15.7. The molecule has 0 unspecified atom stereocenters. The molecule has 9 rings (SSSR count). The molecule has 5 nitrogen and oxygen atoms in total. The van der Waals surface area contributed by atoms with Gasteiger partial charge in [0, 0.05) is 78.4 Å². The summed E-state index contributed by atoms with van der Waals surface area (Å²) in [6.07, 6.45) is 2.41. The maximum absolute atomic E-state index is 13.6. The molecule has 0 aromatic heterocycles.